The topological polar surface area (TPSA) is 73.2 Å². The first kappa shape index (κ1) is 18.7. The monoisotopic (exact) mass is 413 g/mol. The second-order valence-corrected chi connectivity index (χ2v) is 6.99. The van der Waals surface area contributed by atoms with Crippen LogP contribution in [-0.2, 0) is 17.7 Å². The van der Waals surface area contributed by atoms with E-state index in [1.807, 2.05) is 6.92 Å². The maximum Gasteiger partial charge on any atom is 0.350 e. The van der Waals surface area contributed by atoms with Gasteiger partial charge in [-0.3, -0.25) is 4.79 Å². The van der Waals surface area contributed by atoms with Crippen molar-refractivity contribution in [2.45, 2.75) is 33.2 Å². The van der Waals surface area contributed by atoms with Gasteiger partial charge in [0.25, 0.3) is 5.56 Å². The third-order valence-corrected chi connectivity index (χ3v) is 4.73. The zero-order valence-corrected chi connectivity index (χ0v) is 16.1. The Morgan fingerprint density at radius 3 is 2.92 bits per heavy atom. The van der Waals surface area contributed by atoms with Crippen molar-refractivity contribution in [3.05, 3.63) is 43.7 Å². The van der Waals surface area contributed by atoms with Gasteiger partial charge in [0.15, 0.2) is 5.13 Å². The highest BCUT2D eigenvalue weighted by Gasteiger charge is 2.18. The zero-order valence-electron chi connectivity index (χ0n) is 13.7. The molecule has 0 aliphatic rings. The molecule has 130 valence electrons. The van der Waals surface area contributed by atoms with E-state index < -0.39 is 0 Å². The van der Waals surface area contributed by atoms with Crippen LogP contribution in [0.4, 0.5) is 5.13 Å². The summed E-state index contributed by atoms with van der Waals surface area (Å²) in [6.45, 7) is 5.22. The molecular weight excluding hydrogens is 394 g/mol. The zero-order chi connectivity index (χ0) is 17.5. The summed E-state index contributed by atoms with van der Waals surface area (Å²) >= 11 is 4.65. The fourth-order valence-corrected chi connectivity index (χ4v) is 3.46. The van der Waals surface area contributed by atoms with Gasteiger partial charge in [-0.1, -0.05) is 24.7 Å². The van der Waals surface area contributed by atoms with E-state index in [2.05, 4.69) is 26.2 Å². The summed E-state index contributed by atoms with van der Waals surface area (Å²) in [4.78, 5) is 28.8. The maximum atomic E-state index is 12.0. The van der Waals surface area contributed by atoms with Crippen LogP contribution in [0.15, 0.2) is 27.6 Å². The first-order chi connectivity index (χ1) is 11.5. The van der Waals surface area contributed by atoms with Crippen molar-refractivity contribution >= 4 is 38.4 Å². The summed E-state index contributed by atoms with van der Waals surface area (Å²) in [5, 5.41) is 3.85. The van der Waals surface area contributed by atoms with Crippen LogP contribution in [-0.4, -0.2) is 28.7 Å². The lowest BCUT2D eigenvalue weighted by atomic mass is 10.2. The number of nitrogens with one attached hydrogen (secondary N) is 1. The van der Waals surface area contributed by atoms with Crippen molar-refractivity contribution in [1.29, 1.82) is 0 Å². The molecule has 0 radical (unpaired) electrons. The van der Waals surface area contributed by atoms with E-state index in [9.17, 15) is 9.59 Å². The Morgan fingerprint density at radius 2 is 2.21 bits per heavy atom. The number of carbonyl (C=O) groups excluding carboxylic acids is 1. The highest BCUT2D eigenvalue weighted by Crippen LogP contribution is 2.25. The minimum absolute atomic E-state index is 0.0574. The van der Waals surface area contributed by atoms with Crippen molar-refractivity contribution in [2.75, 3.05) is 18.5 Å². The third-order valence-electron chi connectivity index (χ3n) is 3.22. The van der Waals surface area contributed by atoms with E-state index in [1.165, 1.54) is 17.4 Å². The second kappa shape index (κ2) is 8.98. The maximum absolute atomic E-state index is 12.0. The van der Waals surface area contributed by atoms with Crippen LogP contribution in [0.3, 0.4) is 0 Å². The predicted octanol–water partition coefficient (Wildman–Crippen LogP) is 3.31. The van der Waals surface area contributed by atoms with Gasteiger partial charge >= 0.3 is 5.97 Å². The van der Waals surface area contributed by atoms with Crippen LogP contribution in [0.1, 0.15) is 35.6 Å². The predicted molar refractivity (Wildman–Crippen MR) is 99.0 cm³/mol. The Labute approximate surface area is 153 Å². The van der Waals surface area contributed by atoms with Crippen LogP contribution in [0.5, 0.6) is 0 Å². The molecule has 0 bridgehead atoms. The van der Waals surface area contributed by atoms with Gasteiger partial charge in [0.05, 0.1) is 12.3 Å². The number of rotatable bonds is 8. The van der Waals surface area contributed by atoms with Crippen LogP contribution in [0, 0.1) is 0 Å². The Morgan fingerprint density at radius 1 is 1.42 bits per heavy atom. The molecule has 2 aromatic heterocycles. The van der Waals surface area contributed by atoms with Crippen LogP contribution >= 0.6 is 27.3 Å². The van der Waals surface area contributed by atoms with Crippen molar-refractivity contribution < 1.29 is 9.53 Å². The first-order valence-corrected chi connectivity index (χ1v) is 9.42. The number of hydrogen-bond donors (Lipinski definition) is 1. The molecule has 0 amide bonds. The average Bonchev–Trinajstić information content (AvgIpc) is 2.94. The molecule has 2 rings (SSSR count). The van der Waals surface area contributed by atoms with E-state index >= 15 is 0 Å². The number of thiazole rings is 1. The molecule has 0 fully saturated rings. The van der Waals surface area contributed by atoms with E-state index in [-0.39, 0.29) is 11.5 Å². The van der Waals surface area contributed by atoms with E-state index in [4.69, 9.17) is 4.74 Å². The number of nitrogens with zero attached hydrogens (tertiary/aromatic N) is 2. The molecule has 0 saturated heterocycles. The van der Waals surface area contributed by atoms with Gasteiger partial charge in [0.1, 0.15) is 4.88 Å². The number of aromatic nitrogens is 2. The number of carbonyl (C=O) groups is 1. The summed E-state index contributed by atoms with van der Waals surface area (Å²) in [5.41, 5.74) is 0.709. The fourth-order valence-electron chi connectivity index (χ4n) is 2.15. The number of esters is 1. The molecule has 0 spiro atoms. The summed E-state index contributed by atoms with van der Waals surface area (Å²) in [7, 11) is 0. The highest BCUT2D eigenvalue weighted by molar-refractivity contribution is 9.10. The molecule has 1 N–H and O–H groups in total. The van der Waals surface area contributed by atoms with Crippen molar-refractivity contribution in [2.24, 2.45) is 0 Å². The van der Waals surface area contributed by atoms with Gasteiger partial charge in [0, 0.05) is 29.8 Å². The molecule has 2 aromatic rings. The average molecular weight is 414 g/mol. The number of anilines is 1. The molecule has 6 nitrogen and oxygen atoms in total. The molecule has 0 aromatic carbocycles. The van der Waals surface area contributed by atoms with Gasteiger partial charge in [-0.2, -0.15) is 0 Å². The van der Waals surface area contributed by atoms with E-state index in [0.717, 1.165) is 23.0 Å². The smallest absolute Gasteiger partial charge is 0.350 e. The molecule has 0 unspecified atom stereocenters. The summed E-state index contributed by atoms with van der Waals surface area (Å²) < 4.78 is 7.55. The van der Waals surface area contributed by atoms with Gasteiger partial charge in [-0.15, -0.1) is 0 Å². The van der Waals surface area contributed by atoms with Gasteiger partial charge in [0.2, 0.25) is 0 Å². The number of ether oxygens (including phenoxy) is 1. The standard InChI is InChI=1S/C16H20BrN3O3S/c1-3-5-12-14(15(22)23-4-2)24-16(19-12)18-8-9-20-10-11(17)6-7-13(20)21/h6-7,10H,3-5,8-9H2,1-2H3,(H,18,19). The fraction of sp³-hybridized carbons (Fsp3) is 0.438. The van der Waals surface area contributed by atoms with E-state index in [1.54, 1.807) is 23.8 Å². The minimum Gasteiger partial charge on any atom is -0.462 e. The second-order valence-electron chi connectivity index (χ2n) is 5.07. The van der Waals surface area contributed by atoms with E-state index in [0.29, 0.717) is 29.7 Å². The largest absolute Gasteiger partial charge is 0.462 e. The molecule has 24 heavy (non-hydrogen) atoms. The van der Waals surface area contributed by atoms with Crippen LogP contribution < -0.4 is 10.9 Å². The molecular formula is C16H20BrN3O3S. The highest BCUT2D eigenvalue weighted by atomic mass is 79.9. The SMILES string of the molecule is CCCc1nc(NCCn2cc(Br)ccc2=O)sc1C(=O)OCC. The molecule has 0 aliphatic carbocycles. The van der Waals surface area contributed by atoms with Crippen molar-refractivity contribution in [3.63, 3.8) is 0 Å². The number of aryl methyl sites for hydroxylation is 1. The quantitative estimate of drug-likeness (QED) is 0.671. The molecule has 2 heterocycles. The van der Waals surface area contributed by atoms with Crippen LogP contribution in [0.2, 0.25) is 0 Å². The van der Waals surface area contributed by atoms with Gasteiger partial charge in [-0.05, 0) is 35.3 Å². The number of halogens is 1. The normalized spacial score (nSPS) is 10.6. The lowest BCUT2D eigenvalue weighted by molar-refractivity contribution is 0.0530. The van der Waals surface area contributed by atoms with Gasteiger partial charge in [-0.25, -0.2) is 9.78 Å². The summed E-state index contributed by atoms with van der Waals surface area (Å²) in [5.74, 6) is -0.324. The Bertz CT molecular complexity index is 757. The lowest BCUT2D eigenvalue weighted by Crippen LogP contribution is -2.22. The number of pyridine rings is 1. The Balaban J connectivity index is 2.04. The molecule has 0 atom stereocenters. The third kappa shape index (κ3) is 4.91. The van der Waals surface area contributed by atoms with Crippen molar-refractivity contribution in [1.82, 2.24) is 9.55 Å². The Kier molecular flexibility index (Phi) is 6.99. The lowest BCUT2D eigenvalue weighted by Gasteiger charge is -2.06. The molecule has 8 heteroatoms. The first-order valence-electron chi connectivity index (χ1n) is 7.81. The summed E-state index contributed by atoms with van der Waals surface area (Å²) in [6, 6.07) is 3.24. The van der Waals surface area contributed by atoms with Crippen molar-refractivity contribution in [3.8, 4) is 0 Å². The number of hydrogen-bond acceptors (Lipinski definition) is 6. The van der Waals surface area contributed by atoms with Crippen LogP contribution in [0.25, 0.3) is 0 Å². The molecule has 0 aliphatic heterocycles. The minimum atomic E-state index is -0.324. The molecule has 0 saturated carbocycles. The van der Waals surface area contributed by atoms with Gasteiger partial charge < -0.3 is 14.6 Å². The summed E-state index contributed by atoms with van der Waals surface area (Å²) in [6.07, 6.45) is 3.39. The Hall–Kier alpha value is -1.67.